The Bertz CT molecular complexity index is 680. The van der Waals surface area contributed by atoms with Crippen LogP contribution in [0.5, 0.6) is 0 Å². The van der Waals surface area contributed by atoms with E-state index in [4.69, 9.17) is 4.99 Å². The molecule has 2 rings (SSSR count). The van der Waals surface area contributed by atoms with E-state index < -0.39 is 0 Å². The zero-order valence-electron chi connectivity index (χ0n) is 15.4. The summed E-state index contributed by atoms with van der Waals surface area (Å²) in [6.45, 7) is 13.3. The van der Waals surface area contributed by atoms with Gasteiger partial charge >= 0.3 is 0 Å². The van der Waals surface area contributed by atoms with Crippen LogP contribution in [0.2, 0.25) is 0 Å². The van der Waals surface area contributed by atoms with Crippen molar-refractivity contribution in [2.75, 3.05) is 0 Å². The fourth-order valence-corrected chi connectivity index (χ4v) is 2.40. The summed E-state index contributed by atoms with van der Waals surface area (Å²) in [5, 5.41) is 0. The average molecular weight is 368 g/mol. The Hall–Kier alpha value is -1.54. The maximum Gasteiger partial charge on any atom is 0.133 e. The Labute approximate surface area is 156 Å². The molecule has 0 unspecified atom stereocenters. The van der Waals surface area contributed by atoms with Crippen molar-refractivity contribution in [3.05, 3.63) is 53.6 Å². The molecule has 0 saturated carbocycles. The molecule has 24 heavy (non-hydrogen) atoms. The molecule has 0 atom stereocenters. The number of aliphatic imine (C=N–C) groups is 1. The van der Waals surface area contributed by atoms with E-state index in [1.54, 1.807) is 12.4 Å². The molecule has 0 N–H and O–H groups in total. The van der Waals surface area contributed by atoms with Gasteiger partial charge in [-0.3, -0.25) is 4.99 Å². The topological polar surface area (TPSA) is 38.1 Å². The summed E-state index contributed by atoms with van der Waals surface area (Å²) in [6.07, 6.45) is 6.07. The van der Waals surface area contributed by atoms with E-state index in [-0.39, 0.29) is 27.3 Å². The van der Waals surface area contributed by atoms with Gasteiger partial charge in [-0.15, -0.1) is 0 Å². The van der Waals surface area contributed by atoms with E-state index in [1.807, 2.05) is 12.3 Å². The van der Waals surface area contributed by atoms with Gasteiger partial charge in [0, 0.05) is 41.5 Å². The SMILES string of the molecule is CC(C)(C)c1ccc(C(C)(C)C)c(N=CCc2ncccn2)c1.[Ni]. The van der Waals surface area contributed by atoms with Crippen LogP contribution in [0, 0.1) is 0 Å². The molecule has 0 amide bonds. The third-order valence-corrected chi connectivity index (χ3v) is 3.80. The molecule has 2 aromatic rings. The monoisotopic (exact) mass is 367 g/mol. The summed E-state index contributed by atoms with van der Waals surface area (Å²) < 4.78 is 0. The molecule has 0 aliphatic rings. The van der Waals surface area contributed by atoms with Gasteiger partial charge in [-0.2, -0.15) is 0 Å². The molecular weight excluding hydrogens is 341 g/mol. The van der Waals surface area contributed by atoms with Crippen molar-refractivity contribution in [1.82, 2.24) is 9.97 Å². The number of nitrogens with zero attached hydrogens (tertiary/aromatic N) is 3. The maximum atomic E-state index is 4.74. The molecule has 0 saturated heterocycles. The smallest absolute Gasteiger partial charge is 0.133 e. The van der Waals surface area contributed by atoms with E-state index in [0.29, 0.717) is 6.42 Å². The molecule has 3 nitrogen and oxygen atoms in total. The Balaban J connectivity index is 0.00000288. The molecule has 0 bridgehead atoms. The minimum Gasteiger partial charge on any atom is -0.260 e. The van der Waals surface area contributed by atoms with Crippen molar-refractivity contribution in [3.8, 4) is 0 Å². The van der Waals surface area contributed by atoms with Gasteiger partial charge in [0.05, 0.1) is 5.69 Å². The van der Waals surface area contributed by atoms with Crippen molar-refractivity contribution in [2.24, 2.45) is 4.99 Å². The van der Waals surface area contributed by atoms with E-state index in [2.05, 4.69) is 69.7 Å². The molecule has 0 aliphatic heterocycles. The quantitative estimate of drug-likeness (QED) is 0.564. The first-order valence-electron chi connectivity index (χ1n) is 8.11. The minimum atomic E-state index is 0. The molecule has 1 aromatic carbocycles. The van der Waals surface area contributed by atoms with E-state index in [1.165, 1.54) is 11.1 Å². The van der Waals surface area contributed by atoms with Gasteiger partial charge in [-0.05, 0) is 34.1 Å². The Morgan fingerprint density at radius 2 is 1.58 bits per heavy atom. The molecule has 132 valence electrons. The van der Waals surface area contributed by atoms with Gasteiger partial charge in [-0.1, -0.05) is 53.7 Å². The van der Waals surface area contributed by atoms with Crippen molar-refractivity contribution < 1.29 is 16.5 Å². The molecule has 4 heteroatoms. The second-order valence-electron chi connectivity index (χ2n) is 7.91. The normalized spacial score (nSPS) is 12.2. The van der Waals surface area contributed by atoms with Crippen LogP contribution in [0.3, 0.4) is 0 Å². The Morgan fingerprint density at radius 3 is 2.12 bits per heavy atom. The second kappa shape index (κ2) is 8.03. The largest absolute Gasteiger partial charge is 0.260 e. The number of rotatable bonds is 3. The van der Waals surface area contributed by atoms with Crippen LogP contribution >= 0.6 is 0 Å². The number of hydrogen-bond donors (Lipinski definition) is 0. The van der Waals surface area contributed by atoms with Crippen LogP contribution in [-0.2, 0) is 33.7 Å². The first kappa shape index (κ1) is 20.5. The van der Waals surface area contributed by atoms with Crippen LogP contribution in [0.4, 0.5) is 5.69 Å². The second-order valence-corrected chi connectivity index (χ2v) is 7.91. The molecule has 0 aliphatic carbocycles. The van der Waals surface area contributed by atoms with Crippen LogP contribution in [0.25, 0.3) is 0 Å². The van der Waals surface area contributed by atoms with Crippen LogP contribution in [-0.4, -0.2) is 16.2 Å². The summed E-state index contributed by atoms with van der Waals surface area (Å²) in [4.78, 5) is 13.2. The molecular formula is C20H27N3Ni. The van der Waals surface area contributed by atoms with Gasteiger partial charge in [0.1, 0.15) is 5.82 Å². The fourth-order valence-electron chi connectivity index (χ4n) is 2.40. The van der Waals surface area contributed by atoms with Crippen molar-refractivity contribution in [1.29, 1.82) is 0 Å². The third kappa shape index (κ3) is 5.52. The zero-order valence-corrected chi connectivity index (χ0v) is 16.4. The summed E-state index contributed by atoms with van der Waals surface area (Å²) in [6, 6.07) is 8.47. The summed E-state index contributed by atoms with van der Waals surface area (Å²) in [7, 11) is 0. The molecule has 1 aromatic heterocycles. The standard InChI is InChI=1S/C20H27N3.Ni/c1-19(2,3)15-8-9-16(20(4,5)6)17(14-15)21-13-10-18-22-11-7-12-23-18;/h7-9,11-14H,10H2,1-6H3;. The first-order valence-corrected chi connectivity index (χ1v) is 8.11. The molecule has 0 fully saturated rings. The summed E-state index contributed by atoms with van der Waals surface area (Å²) >= 11 is 0. The minimum absolute atomic E-state index is 0. The van der Waals surface area contributed by atoms with E-state index in [0.717, 1.165) is 11.5 Å². The molecule has 1 heterocycles. The first-order chi connectivity index (χ1) is 10.7. The Morgan fingerprint density at radius 1 is 0.958 bits per heavy atom. The van der Waals surface area contributed by atoms with Gasteiger partial charge < -0.3 is 0 Å². The van der Waals surface area contributed by atoms with E-state index in [9.17, 15) is 0 Å². The third-order valence-electron chi connectivity index (χ3n) is 3.80. The molecule has 0 spiro atoms. The summed E-state index contributed by atoms with van der Waals surface area (Å²) in [5.41, 5.74) is 3.78. The predicted octanol–water partition coefficient (Wildman–Crippen LogP) is 5.01. The van der Waals surface area contributed by atoms with Crippen LogP contribution in [0.1, 0.15) is 58.5 Å². The average Bonchev–Trinajstić information content (AvgIpc) is 2.46. The van der Waals surface area contributed by atoms with Crippen molar-refractivity contribution in [3.63, 3.8) is 0 Å². The Kier molecular flexibility index (Phi) is 6.86. The zero-order chi connectivity index (χ0) is 17.1. The number of hydrogen-bond acceptors (Lipinski definition) is 3. The van der Waals surface area contributed by atoms with Crippen LogP contribution in [0.15, 0.2) is 41.7 Å². The number of aromatic nitrogens is 2. The fraction of sp³-hybridized carbons (Fsp3) is 0.450. The van der Waals surface area contributed by atoms with Gasteiger partial charge in [0.25, 0.3) is 0 Å². The van der Waals surface area contributed by atoms with Gasteiger partial charge in [0.15, 0.2) is 0 Å². The predicted molar refractivity (Wildman–Crippen MR) is 97.7 cm³/mol. The van der Waals surface area contributed by atoms with Gasteiger partial charge in [0.2, 0.25) is 0 Å². The van der Waals surface area contributed by atoms with E-state index >= 15 is 0 Å². The number of benzene rings is 1. The maximum absolute atomic E-state index is 4.74. The molecule has 0 radical (unpaired) electrons. The summed E-state index contributed by atoms with van der Waals surface area (Å²) in [5.74, 6) is 0.792. The van der Waals surface area contributed by atoms with Crippen molar-refractivity contribution >= 4 is 11.9 Å². The van der Waals surface area contributed by atoms with Gasteiger partial charge in [-0.25, -0.2) is 9.97 Å². The van der Waals surface area contributed by atoms with Crippen molar-refractivity contribution in [2.45, 2.75) is 58.8 Å². The van der Waals surface area contributed by atoms with Crippen LogP contribution < -0.4 is 0 Å².